The minimum atomic E-state index is 0.880. The molecule has 1 saturated heterocycles. The van der Waals surface area contributed by atoms with Crippen molar-refractivity contribution in [2.45, 2.75) is 6.54 Å². The molecule has 0 aliphatic carbocycles. The van der Waals surface area contributed by atoms with E-state index in [0.717, 1.165) is 37.9 Å². The fraction of sp³-hybridized carbons (Fsp3) is 0.429. The molecule has 0 amide bonds. The van der Waals surface area contributed by atoms with Crippen LogP contribution >= 0.6 is 11.3 Å². The standard InChI is InChI=1S/C14H19N5S/c1-15-10-12-2-3-16-11-13(12)18-5-7-19(8-6-18)14-17-4-9-20-14/h2-4,9,11,15H,5-8,10H2,1H3. The van der Waals surface area contributed by atoms with Crippen molar-refractivity contribution in [1.29, 1.82) is 0 Å². The Morgan fingerprint density at radius 1 is 1.20 bits per heavy atom. The van der Waals surface area contributed by atoms with Crippen molar-refractivity contribution in [3.8, 4) is 0 Å². The molecule has 1 N–H and O–H groups in total. The molecule has 0 radical (unpaired) electrons. The van der Waals surface area contributed by atoms with Gasteiger partial charge in [0.25, 0.3) is 0 Å². The molecule has 0 unspecified atom stereocenters. The van der Waals surface area contributed by atoms with Crippen LogP contribution in [0.1, 0.15) is 5.56 Å². The third-order valence-corrected chi connectivity index (χ3v) is 4.40. The van der Waals surface area contributed by atoms with Gasteiger partial charge in [-0.15, -0.1) is 11.3 Å². The van der Waals surface area contributed by atoms with E-state index in [2.05, 4.69) is 31.2 Å². The van der Waals surface area contributed by atoms with Crippen LogP contribution in [0, 0.1) is 0 Å². The summed E-state index contributed by atoms with van der Waals surface area (Å²) >= 11 is 1.71. The molecule has 3 heterocycles. The highest BCUT2D eigenvalue weighted by Gasteiger charge is 2.20. The summed E-state index contributed by atoms with van der Waals surface area (Å²) < 4.78 is 0. The summed E-state index contributed by atoms with van der Waals surface area (Å²) in [7, 11) is 1.98. The van der Waals surface area contributed by atoms with Crippen LogP contribution in [0.25, 0.3) is 0 Å². The molecule has 0 atom stereocenters. The lowest BCUT2D eigenvalue weighted by Crippen LogP contribution is -2.47. The summed E-state index contributed by atoms with van der Waals surface area (Å²) in [5.41, 5.74) is 2.56. The Labute approximate surface area is 123 Å². The second-order valence-corrected chi connectivity index (χ2v) is 5.70. The van der Waals surface area contributed by atoms with Gasteiger partial charge in [0.15, 0.2) is 5.13 Å². The average molecular weight is 289 g/mol. The van der Waals surface area contributed by atoms with Crippen LogP contribution in [-0.2, 0) is 6.54 Å². The summed E-state index contributed by atoms with van der Waals surface area (Å²) in [4.78, 5) is 13.4. The molecule has 5 nitrogen and oxygen atoms in total. The molecule has 2 aromatic rings. The Hall–Kier alpha value is -1.66. The van der Waals surface area contributed by atoms with E-state index in [4.69, 9.17) is 0 Å². The number of nitrogens with one attached hydrogen (secondary N) is 1. The number of piperazine rings is 1. The molecule has 1 aliphatic rings. The largest absolute Gasteiger partial charge is 0.366 e. The zero-order valence-electron chi connectivity index (χ0n) is 11.6. The van der Waals surface area contributed by atoms with Crippen LogP contribution in [0.5, 0.6) is 0 Å². The molecule has 106 valence electrons. The van der Waals surface area contributed by atoms with Crippen LogP contribution in [0.3, 0.4) is 0 Å². The van der Waals surface area contributed by atoms with Gasteiger partial charge in [0.1, 0.15) is 0 Å². The molecule has 6 heteroatoms. The van der Waals surface area contributed by atoms with Crippen LogP contribution in [0.2, 0.25) is 0 Å². The van der Waals surface area contributed by atoms with Crippen LogP contribution in [0.15, 0.2) is 30.0 Å². The van der Waals surface area contributed by atoms with Gasteiger partial charge in [0.05, 0.1) is 11.9 Å². The molecule has 20 heavy (non-hydrogen) atoms. The first kappa shape index (κ1) is 13.3. The number of nitrogens with zero attached hydrogens (tertiary/aromatic N) is 4. The number of hydrogen-bond acceptors (Lipinski definition) is 6. The highest BCUT2D eigenvalue weighted by atomic mass is 32.1. The summed E-state index contributed by atoms with van der Waals surface area (Å²) in [6.45, 7) is 4.94. The quantitative estimate of drug-likeness (QED) is 0.926. The van der Waals surface area contributed by atoms with Gasteiger partial charge in [0.2, 0.25) is 0 Å². The zero-order valence-corrected chi connectivity index (χ0v) is 12.4. The fourth-order valence-electron chi connectivity index (χ4n) is 2.55. The van der Waals surface area contributed by atoms with Crippen LogP contribution < -0.4 is 15.1 Å². The maximum Gasteiger partial charge on any atom is 0.185 e. The summed E-state index contributed by atoms with van der Waals surface area (Å²) in [5.74, 6) is 0. The van der Waals surface area contributed by atoms with Gasteiger partial charge in [-0.1, -0.05) is 0 Å². The van der Waals surface area contributed by atoms with Crippen molar-refractivity contribution in [2.24, 2.45) is 0 Å². The van der Waals surface area contributed by atoms with Gasteiger partial charge in [-0.05, 0) is 18.7 Å². The van der Waals surface area contributed by atoms with Gasteiger partial charge < -0.3 is 15.1 Å². The van der Waals surface area contributed by atoms with Crippen LogP contribution in [-0.4, -0.2) is 43.2 Å². The third kappa shape index (κ3) is 2.76. The van der Waals surface area contributed by atoms with E-state index in [1.165, 1.54) is 11.3 Å². The third-order valence-electron chi connectivity index (χ3n) is 3.56. The summed E-state index contributed by atoms with van der Waals surface area (Å²) in [6.07, 6.45) is 5.71. The molecular weight excluding hydrogens is 270 g/mol. The van der Waals surface area contributed by atoms with Crippen molar-refractivity contribution in [3.05, 3.63) is 35.6 Å². The Bertz CT molecular complexity index is 534. The second kappa shape index (κ2) is 6.19. The van der Waals surface area contributed by atoms with Crippen molar-refractivity contribution < 1.29 is 0 Å². The predicted octanol–water partition coefficient (Wildman–Crippen LogP) is 1.58. The fourth-order valence-corrected chi connectivity index (χ4v) is 3.25. The number of pyridine rings is 1. The van der Waals surface area contributed by atoms with E-state index in [9.17, 15) is 0 Å². The SMILES string of the molecule is CNCc1ccncc1N1CCN(c2nccs2)CC1. The highest BCUT2D eigenvalue weighted by molar-refractivity contribution is 7.13. The van der Waals surface area contributed by atoms with Crippen molar-refractivity contribution in [2.75, 3.05) is 43.0 Å². The number of anilines is 2. The second-order valence-electron chi connectivity index (χ2n) is 4.82. The maximum absolute atomic E-state index is 4.39. The highest BCUT2D eigenvalue weighted by Crippen LogP contribution is 2.24. The summed E-state index contributed by atoms with van der Waals surface area (Å²) in [6, 6.07) is 2.10. The molecule has 2 aromatic heterocycles. The summed E-state index contributed by atoms with van der Waals surface area (Å²) in [5, 5.41) is 6.39. The molecule has 0 aromatic carbocycles. The first-order valence-corrected chi connectivity index (χ1v) is 7.73. The van der Waals surface area contributed by atoms with E-state index in [-0.39, 0.29) is 0 Å². The minimum Gasteiger partial charge on any atom is -0.366 e. The maximum atomic E-state index is 4.39. The Kier molecular flexibility index (Phi) is 4.13. The van der Waals surface area contributed by atoms with Crippen LogP contribution in [0.4, 0.5) is 10.8 Å². The zero-order chi connectivity index (χ0) is 13.8. The monoisotopic (exact) mass is 289 g/mol. The molecular formula is C14H19N5S. The average Bonchev–Trinajstić information content (AvgIpc) is 3.03. The Morgan fingerprint density at radius 2 is 2.00 bits per heavy atom. The number of thiazole rings is 1. The first-order chi connectivity index (χ1) is 9.88. The van der Waals surface area contributed by atoms with Gasteiger partial charge in [-0.3, -0.25) is 4.98 Å². The number of rotatable bonds is 4. The first-order valence-electron chi connectivity index (χ1n) is 6.85. The van der Waals surface area contributed by atoms with Crippen molar-refractivity contribution in [1.82, 2.24) is 15.3 Å². The predicted molar refractivity (Wildman–Crippen MR) is 83.5 cm³/mol. The lowest BCUT2D eigenvalue weighted by Gasteiger charge is -2.36. The van der Waals surface area contributed by atoms with Gasteiger partial charge >= 0.3 is 0 Å². The Morgan fingerprint density at radius 3 is 2.70 bits per heavy atom. The molecule has 3 rings (SSSR count). The number of hydrogen-bond donors (Lipinski definition) is 1. The smallest absolute Gasteiger partial charge is 0.185 e. The minimum absolute atomic E-state index is 0.880. The number of aromatic nitrogens is 2. The van der Waals surface area contributed by atoms with Gasteiger partial charge in [-0.25, -0.2) is 4.98 Å². The molecule has 0 bridgehead atoms. The van der Waals surface area contributed by atoms with Gasteiger partial charge in [-0.2, -0.15) is 0 Å². The molecule has 0 spiro atoms. The molecule has 1 aliphatic heterocycles. The van der Waals surface area contributed by atoms with E-state index >= 15 is 0 Å². The van der Waals surface area contributed by atoms with E-state index in [0.29, 0.717) is 0 Å². The molecule has 0 saturated carbocycles. The van der Waals surface area contributed by atoms with E-state index in [1.807, 2.05) is 31.0 Å². The lowest BCUT2D eigenvalue weighted by molar-refractivity contribution is 0.647. The van der Waals surface area contributed by atoms with Crippen molar-refractivity contribution >= 4 is 22.2 Å². The van der Waals surface area contributed by atoms with E-state index < -0.39 is 0 Å². The lowest BCUT2D eigenvalue weighted by atomic mass is 10.2. The van der Waals surface area contributed by atoms with E-state index in [1.54, 1.807) is 11.3 Å². The molecule has 1 fully saturated rings. The van der Waals surface area contributed by atoms with Gasteiger partial charge in [0, 0.05) is 50.5 Å². The Balaban J connectivity index is 1.69. The normalized spacial score (nSPS) is 15.7. The topological polar surface area (TPSA) is 44.3 Å². The van der Waals surface area contributed by atoms with Crippen molar-refractivity contribution in [3.63, 3.8) is 0 Å².